The van der Waals surface area contributed by atoms with Crippen LogP contribution in [0.3, 0.4) is 0 Å². The van der Waals surface area contributed by atoms with Crippen molar-refractivity contribution in [1.29, 1.82) is 0 Å². The van der Waals surface area contributed by atoms with E-state index < -0.39 is 5.91 Å². The Bertz CT molecular complexity index is 749. The third-order valence-corrected chi connectivity index (χ3v) is 3.94. The molecule has 7 heteroatoms. The van der Waals surface area contributed by atoms with Crippen LogP contribution in [0.2, 0.25) is 0 Å². The number of phenolic OH excluding ortho intramolecular Hbond substituents is 1. The maximum absolute atomic E-state index is 11.9. The zero-order valence-electron chi connectivity index (χ0n) is 13.0. The van der Waals surface area contributed by atoms with Crippen molar-refractivity contribution in [1.82, 2.24) is 10.9 Å². The van der Waals surface area contributed by atoms with E-state index in [1.807, 2.05) is 18.2 Å². The van der Waals surface area contributed by atoms with Crippen molar-refractivity contribution < 1.29 is 19.4 Å². The number of hydrazine groups is 1. The van der Waals surface area contributed by atoms with Gasteiger partial charge in [-0.25, -0.2) is 0 Å². The van der Waals surface area contributed by atoms with E-state index >= 15 is 0 Å². The van der Waals surface area contributed by atoms with Crippen molar-refractivity contribution in [2.24, 2.45) is 0 Å². The highest BCUT2D eigenvalue weighted by molar-refractivity contribution is 9.10. The molecule has 3 N–H and O–H groups in total. The lowest BCUT2D eigenvalue weighted by molar-refractivity contribution is -0.121. The number of para-hydroxylation sites is 1. The number of halogens is 1. The van der Waals surface area contributed by atoms with Crippen molar-refractivity contribution in [2.45, 2.75) is 12.8 Å². The molecule has 2 rings (SSSR count). The van der Waals surface area contributed by atoms with Crippen molar-refractivity contribution in [3.05, 3.63) is 58.1 Å². The molecule has 0 aliphatic heterocycles. The van der Waals surface area contributed by atoms with Crippen molar-refractivity contribution >= 4 is 27.7 Å². The molecule has 0 saturated heterocycles. The van der Waals surface area contributed by atoms with Gasteiger partial charge in [-0.05, 0) is 52.2 Å². The topological polar surface area (TPSA) is 87.7 Å². The molecule has 0 heterocycles. The van der Waals surface area contributed by atoms with Crippen LogP contribution in [0.1, 0.15) is 22.3 Å². The molecule has 0 bridgehead atoms. The average molecular weight is 393 g/mol. The van der Waals surface area contributed by atoms with E-state index in [9.17, 15) is 14.7 Å². The molecule has 0 saturated carbocycles. The molecular formula is C17H17BrN2O4. The minimum absolute atomic E-state index is 0.0943. The second-order valence-electron chi connectivity index (χ2n) is 4.99. The SMILES string of the molecule is COc1ccc(CCC(=O)NNC(=O)c2ccccc2O)cc1Br. The van der Waals surface area contributed by atoms with Gasteiger partial charge in [-0.15, -0.1) is 0 Å². The van der Waals surface area contributed by atoms with Gasteiger partial charge in [0.25, 0.3) is 5.91 Å². The fourth-order valence-corrected chi connectivity index (χ4v) is 2.63. The lowest BCUT2D eigenvalue weighted by atomic mass is 10.1. The lowest BCUT2D eigenvalue weighted by Crippen LogP contribution is -2.41. The summed E-state index contributed by atoms with van der Waals surface area (Å²) in [6.07, 6.45) is 0.723. The molecule has 2 aromatic rings. The molecule has 24 heavy (non-hydrogen) atoms. The van der Waals surface area contributed by atoms with Gasteiger partial charge in [0.2, 0.25) is 5.91 Å². The molecule has 0 radical (unpaired) electrons. The van der Waals surface area contributed by atoms with Gasteiger partial charge < -0.3 is 9.84 Å². The smallest absolute Gasteiger partial charge is 0.273 e. The average Bonchev–Trinajstić information content (AvgIpc) is 2.58. The second-order valence-corrected chi connectivity index (χ2v) is 5.84. The summed E-state index contributed by atoms with van der Waals surface area (Å²) in [4.78, 5) is 23.7. The number of aromatic hydroxyl groups is 1. The number of carbonyl (C=O) groups excluding carboxylic acids is 2. The summed E-state index contributed by atoms with van der Waals surface area (Å²) in [6.45, 7) is 0. The number of benzene rings is 2. The van der Waals surface area contributed by atoms with Gasteiger partial charge in [0.15, 0.2) is 0 Å². The Kier molecular flexibility index (Phi) is 6.20. The minimum Gasteiger partial charge on any atom is -0.507 e. The summed E-state index contributed by atoms with van der Waals surface area (Å²) in [7, 11) is 1.58. The molecule has 0 aromatic heterocycles. The molecule has 6 nitrogen and oxygen atoms in total. The standard InChI is InChI=1S/C17H17BrN2O4/c1-24-15-8-6-11(10-13(15)18)7-9-16(22)19-20-17(23)12-4-2-3-5-14(12)21/h2-6,8,10,21H,7,9H2,1H3,(H,19,22)(H,20,23). The lowest BCUT2D eigenvalue weighted by Gasteiger charge is -2.09. The van der Waals surface area contributed by atoms with Crippen LogP contribution in [0.5, 0.6) is 11.5 Å². The van der Waals surface area contributed by atoms with E-state index in [0.717, 1.165) is 15.8 Å². The van der Waals surface area contributed by atoms with Crippen LogP contribution in [0.15, 0.2) is 46.9 Å². The highest BCUT2D eigenvalue weighted by atomic mass is 79.9. The van der Waals surface area contributed by atoms with Gasteiger partial charge in [-0.2, -0.15) is 0 Å². The minimum atomic E-state index is -0.575. The molecule has 0 fully saturated rings. The first-order valence-corrected chi connectivity index (χ1v) is 8.00. The quantitative estimate of drug-likeness (QED) is 0.682. The van der Waals surface area contributed by atoms with Gasteiger partial charge in [0, 0.05) is 6.42 Å². The fourth-order valence-electron chi connectivity index (χ4n) is 2.05. The van der Waals surface area contributed by atoms with E-state index in [1.54, 1.807) is 19.2 Å². The fraction of sp³-hybridized carbons (Fsp3) is 0.176. The molecule has 126 valence electrons. The Hall–Kier alpha value is -2.54. The maximum atomic E-state index is 11.9. The maximum Gasteiger partial charge on any atom is 0.273 e. The van der Waals surface area contributed by atoms with Crippen molar-refractivity contribution in [3.8, 4) is 11.5 Å². The van der Waals surface area contributed by atoms with E-state index in [0.29, 0.717) is 6.42 Å². The Morgan fingerprint density at radius 3 is 2.58 bits per heavy atom. The van der Waals surface area contributed by atoms with E-state index in [1.165, 1.54) is 12.1 Å². The Labute approximate surface area is 147 Å². The predicted molar refractivity (Wildman–Crippen MR) is 92.7 cm³/mol. The summed E-state index contributed by atoms with van der Waals surface area (Å²) in [5, 5.41) is 9.58. The number of ether oxygens (including phenoxy) is 1. The number of hydrogen-bond acceptors (Lipinski definition) is 4. The Balaban J connectivity index is 1.82. The van der Waals surface area contributed by atoms with Crippen molar-refractivity contribution in [2.75, 3.05) is 7.11 Å². The van der Waals surface area contributed by atoms with Gasteiger partial charge >= 0.3 is 0 Å². The van der Waals surface area contributed by atoms with Crippen LogP contribution in [-0.2, 0) is 11.2 Å². The molecular weight excluding hydrogens is 376 g/mol. The third kappa shape index (κ3) is 4.73. The molecule has 0 aliphatic rings. The Morgan fingerprint density at radius 2 is 1.92 bits per heavy atom. The molecule has 0 unspecified atom stereocenters. The van der Waals surface area contributed by atoms with Crippen LogP contribution >= 0.6 is 15.9 Å². The molecule has 2 aromatic carbocycles. The zero-order chi connectivity index (χ0) is 17.5. The van der Waals surface area contributed by atoms with E-state index in [4.69, 9.17) is 4.74 Å². The van der Waals surface area contributed by atoms with E-state index in [-0.39, 0.29) is 23.6 Å². The number of phenols is 1. The van der Waals surface area contributed by atoms with Crippen LogP contribution in [0.4, 0.5) is 0 Å². The molecule has 0 aliphatic carbocycles. The van der Waals surface area contributed by atoms with Crippen LogP contribution < -0.4 is 15.6 Å². The van der Waals surface area contributed by atoms with Gasteiger partial charge in [0.05, 0.1) is 17.1 Å². The summed E-state index contributed by atoms with van der Waals surface area (Å²) in [6, 6.07) is 11.7. The number of nitrogens with one attached hydrogen (secondary N) is 2. The monoisotopic (exact) mass is 392 g/mol. The summed E-state index contributed by atoms with van der Waals surface area (Å²) in [5.41, 5.74) is 5.66. The summed E-state index contributed by atoms with van der Waals surface area (Å²) in [5.74, 6) is -0.329. The van der Waals surface area contributed by atoms with Crippen LogP contribution in [-0.4, -0.2) is 24.0 Å². The number of carbonyl (C=O) groups is 2. The Morgan fingerprint density at radius 1 is 1.17 bits per heavy atom. The van der Waals surface area contributed by atoms with Gasteiger partial charge in [-0.1, -0.05) is 18.2 Å². The highest BCUT2D eigenvalue weighted by Crippen LogP contribution is 2.25. The number of rotatable bonds is 5. The van der Waals surface area contributed by atoms with Gasteiger partial charge in [-0.3, -0.25) is 20.4 Å². The number of amides is 2. The molecule has 2 amide bonds. The normalized spacial score (nSPS) is 10.1. The first-order valence-electron chi connectivity index (χ1n) is 7.21. The third-order valence-electron chi connectivity index (χ3n) is 3.32. The summed E-state index contributed by atoms with van der Waals surface area (Å²) >= 11 is 3.39. The number of hydrogen-bond donors (Lipinski definition) is 3. The van der Waals surface area contributed by atoms with Gasteiger partial charge in [0.1, 0.15) is 11.5 Å². The number of aryl methyl sites for hydroxylation is 1. The predicted octanol–water partition coefficient (Wildman–Crippen LogP) is 2.56. The van der Waals surface area contributed by atoms with E-state index in [2.05, 4.69) is 26.8 Å². The zero-order valence-corrected chi connectivity index (χ0v) is 14.6. The second kappa shape index (κ2) is 8.35. The molecule has 0 spiro atoms. The number of methoxy groups -OCH3 is 1. The summed E-state index contributed by atoms with van der Waals surface area (Å²) < 4.78 is 5.96. The van der Waals surface area contributed by atoms with Crippen LogP contribution in [0, 0.1) is 0 Å². The largest absolute Gasteiger partial charge is 0.507 e. The first kappa shape index (κ1) is 17.8. The first-order chi connectivity index (χ1) is 11.5. The van der Waals surface area contributed by atoms with Crippen LogP contribution in [0.25, 0.3) is 0 Å². The van der Waals surface area contributed by atoms with Crippen molar-refractivity contribution in [3.63, 3.8) is 0 Å². The molecule has 0 atom stereocenters. The highest BCUT2D eigenvalue weighted by Gasteiger charge is 2.11.